The number of nitrogens with two attached hydrogens (primary N) is 1. The van der Waals surface area contributed by atoms with E-state index in [1.54, 1.807) is 0 Å². The Morgan fingerprint density at radius 3 is 2.71 bits per heavy atom. The van der Waals surface area contributed by atoms with Crippen LogP contribution in [0.1, 0.15) is 23.6 Å². The molecule has 70 valence electrons. The molecule has 0 saturated heterocycles. The maximum atomic E-state index is 9.20. The van der Waals surface area contributed by atoms with Gasteiger partial charge in [0.15, 0.2) is 0 Å². The summed E-state index contributed by atoms with van der Waals surface area (Å²) in [7, 11) is 0. The molecule has 0 bridgehead atoms. The fourth-order valence-electron chi connectivity index (χ4n) is 1.17. The summed E-state index contributed by atoms with van der Waals surface area (Å²) >= 11 is 0. The lowest BCUT2D eigenvalue weighted by Crippen LogP contribution is -2.10. The van der Waals surface area contributed by atoms with Crippen LogP contribution in [0.3, 0.4) is 0 Å². The van der Waals surface area contributed by atoms with Crippen LogP contribution in [0.2, 0.25) is 0 Å². The van der Waals surface area contributed by atoms with Gasteiger partial charge in [-0.3, -0.25) is 0 Å². The Labute approximate surface area is 81.8 Å². The smallest absolute Gasteiger partial charge is 0.116 e. The molecule has 0 saturated carbocycles. The number of phenols is 1. The summed E-state index contributed by atoms with van der Waals surface area (Å²) in [5, 5.41) is 26.4. The first kappa shape index (κ1) is 10.0. The van der Waals surface area contributed by atoms with Crippen LogP contribution in [0.5, 0.6) is 5.75 Å². The van der Waals surface area contributed by atoms with E-state index in [0.717, 1.165) is 0 Å². The highest BCUT2D eigenvalue weighted by Gasteiger charge is 2.11. The van der Waals surface area contributed by atoms with Crippen LogP contribution in [0.15, 0.2) is 18.2 Å². The number of hydrogen-bond donors (Lipinski definition) is 2. The van der Waals surface area contributed by atoms with Gasteiger partial charge in [-0.2, -0.15) is 10.5 Å². The van der Waals surface area contributed by atoms with Crippen molar-refractivity contribution in [3.63, 3.8) is 0 Å². The van der Waals surface area contributed by atoms with E-state index in [9.17, 15) is 5.11 Å². The van der Waals surface area contributed by atoms with Crippen molar-refractivity contribution >= 4 is 0 Å². The Balaban J connectivity index is 3.13. The molecule has 3 N–H and O–H groups in total. The molecule has 4 heteroatoms. The van der Waals surface area contributed by atoms with E-state index < -0.39 is 6.04 Å². The SMILES string of the molecule is N#CC[C@@H](N)c1cc(O)ccc1C#N. The first-order valence-electron chi connectivity index (χ1n) is 4.04. The molecule has 1 atom stereocenters. The van der Waals surface area contributed by atoms with Crippen LogP contribution < -0.4 is 5.73 Å². The monoisotopic (exact) mass is 187 g/mol. The number of benzene rings is 1. The standard InChI is InChI=1S/C10H9N3O/c11-4-3-10(13)9-5-8(14)2-1-7(9)6-12/h1-2,5,10,14H,3,13H2/t10-/m1/s1. The third-order valence-corrected chi connectivity index (χ3v) is 1.87. The third kappa shape index (κ3) is 2.01. The lowest BCUT2D eigenvalue weighted by molar-refractivity contribution is 0.473. The Bertz CT molecular complexity index is 414. The maximum absolute atomic E-state index is 9.20. The molecule has 0 spiro atoms. The summed E-state index contributed by atoms with van der Waals surface area (Å²) in [5.74, 6) is 0.0485. The molecule has 0 heterocycles. The topological polar surface area (TPSA) is 93.8 Å². The van der Waals surface area contributed by atoms with E-state index in [2.05, 4.69) is 0 Å². The first-order chi connectivity index (χ1) is 6.69. The van der Waals surface area contributed by atoms with Crippen LogP contribution in [0.4, 0.5) is 0 Å². The van der Waals surface area contributed by atoms with E-state index >= 15 is 0 Å². The zero-order valence-electron chi connectivity index (χ0n) is 7.44. The van der Waals surface area contributed by atoms with Gasteiger partial charge in [0.25, 0.3) is 0 Å². The summed E-state index contributed by atoms with van der Waals surface area (Å²) in [6, 6.07) is 7.68. The average Bonchev–Trinajstić information content (AvgIpc) is 2.18. The molecule has 1 aromatic carbocycles. The molecule has 0 amide bonds. The van der Waals surface area contributed by atoms with E-state index in [1.807, 2.05) is 12.1 Å². The maximum Gasteiger partial charge on any atom is 0.116 e. The van der Waals surface area contributed by atoms with Gasteiger partial charge in [-0.05, 0) is 23.8 Å². The molecule has 0 aromatic heterocycles. The molecule has 0 radical (unpaired) electrons. The van der Waals surface area contributed by atoms with Gasteiger partial charge >= 0.3 is 0 Å². The van der Waals surface area contributed by atoms with Gasteiger partial charge in [0.2, 0.25) is 0 Å². The lowest BCUT2D eigenvalue weighted by Gasteiger charge is -2.09. The molecule has 1 aromatic rings. The number of aromatic hydroxyl groups is 1. The van der Waals surface area contributed by atoms with Gasteiger partial charge in [-0.15, -0.1) is 0 Å². The zero-order valence-corrected chi connectivity index (χ0v) is 7.44. The predicted molar refractivity (Wildman–Crippen MR) is 50.0 cm³/mol. The molecule has 14 heavy (non-hydrogen) atoms. The van der Waals surface area contributed by atoms with Crippen molar-refractivity contribution in [3.05, 3.63) is 29.3 Å². The average molecular weight is 187 g/mol. The van der Waals surface area contributed by atoms with Crippen molar-refractivity contribution in [2.45, 2.75) is 12.5 Å². The Hall–Kier alpha value is -2.04. The zero-order chi connectivity index (χ0) is 10.6. The lowest BCUT2D eigenvalue weighted by atomic mass is 9.99. The highest BCUT2D eigenvalue weighted by molar-refractivity contribution is 5.44. The van der Waals surface area contributed by atoms with Gasteiger partial charge in [0, 0.05) is 6.04 Å². The minimum atomic E-state index is -0.526. The molecule has 0 aliphatic rings. The van der Waals surface area contributed by atoms with Gasteiger partial charge in [0.1, 0.15) is 5.75 Å². The van der Waals surface area contributed by atoms with Crippen molar-refractivity contribution < 1.29 is 5.11 Å². The Morgan fingerprint density at radius 1 is 1.43 bits per heavy atom. The van der Waals surface area contributed by atoms with E-state index in [0.29, 0.717) is 11.1 Å². The largest absolute Gasteiger partial charge is 0.508 e. The molecule has 1 rings (SSSR count). The summed E-state index contributed by atoms with van der Waals surface area (Å²) in [6.07, 6.45) is 0.123. The Kier molecular flexibility index (Phi) is 3.06. The van der Waals surface area contributed by atoms with Crippen LogP contribution in [0.25, 0.3) is 0 Å². The molecular formula is C10H9N3O. The number of phenolic OH excluding ortho intramolecular Hbond substituents is 1. The van der Waals surface area contributed by atoms with Gasteiger partial charge in [-0.25, -0.2) is 0 Å². The van der Waals surface area contributed by atoms with Crippen molar-refractivity contribution in [2.75, 3.05) is 0 Å². The van der Waals surface area contributed by atoms with Gasteiger partial charge in [0.05, 0.1) is 24.1 Å². The van der Waals surface area contributed by atoms with Crippen molar-refractivity contribution in [1.29, 1.82) is 10.5 Å². The third-order valence-electron chi connectivity index (χ3n) is 1.87. The molecule has 0 unspecified atom stereocenters. The van der Waals surface area contributed by atoms with Crippen LogP contribution in [-0.2, 0) is 0 Å². The fourth-order valence-corrected chi connectivity index (χ4v) is 1.17. The highest BCUT2D eigenvalue weighted by Crippen LogP contribution is 2.22. The Morgan fingerprint density at radius 2 is 2.14 bits per heavy atom. The number of nitriles is 2. The molecule has 0 fully saturated rings. The summed E-state index contributed by atoms with van der Waals surface area (Å²) < 4.78 is 0. The summed E-state index contributed by atoms with van der Waals surface area (Å²) in [6.45, 7) is 0. The number of nitrogens with zero attached hydrogens (tertiary/aromatic N) is 2. The van der Waals surface area contributed by atoms with Crippen LogP contribution in [-0.4, -0.2) is 5.11 Å². The minimum absolute atomic E-state index is 0.0485. The fraction of sp³-hybridized carbons (Fsp3) is 0.200. The van der Waals surface area contributed by atoms with E-state index in [-0.39, 0.29) is 12.2 Å². The molecule has 0 aliphatic heterocycles. The predicted octanol–water partition coefficient (Wildman–Crippen LogP) is 1.18. The van der Waals surface area contributed by atoms with Crippen molar-refractivity contribution in [3.8, 4) is 17.9 Å². The quantitative estimate of drug-likeness (QED) is 0.726. The number of rotatable bonds is 2. The highest BCUT2D eigenvalue weighted by atomic mass is 16.3. The second-order valence-electron chi connectivity index (χ2n) is 2.85. The van der Waals surface area contributed by atoms with E-state index in [1.165, 1.54) is 18.2 Å². The first-order valence-corrected chi connectivity index (χ1v) is 4.04. The van der Waals surface area contributed by atoms with Crippen LogP contribution >= 0.6 is 0 Å². The van der Waals surface area contributed by atoms with Crippen molar-refractivity contribution in [1.82, 2.24) is 0 Å². The normalized spacial score (nSPS) is 11.4. The number of hydrogen-bond acceptors (Lipinski definition) is 4. The second kappa shape index (κ2) is 4.27. The summed E-state index contributed by atoms with van der Waals surface area (Å²) in [4.78, 5) is 0. The second-order valence-corrected chi connectivity index (χ2v) is 2.85. The molecular weight excluding hydrogens is 178 g/mol. The van der Waals surface area contributed by atoms with Gasteiger partial charge in [-0.1, -0.05) is 0 Å². The summed E-state index contributed by atoms with van der Waals surface area (Å²) in [5.41, 5.74) is 6.57. The van der Waals surface area contributed by atoms with Crippen LogP contribution in [0, 0.1) is 22.7 Å². The molecule has 4 nitrogen and oxygen atoms in total. The van der Waals surface area contributed by atoms with E-state index in [4.69, 9.17) is 16.3 Å². The van der Waals surface area contributed by atoms with Crippen molar-refractivity contribution in [2.24, 2.45) is 5.73 Å². The minimum Gasteiger partial charge on any atom is -0.508 e. The molecule has 0 aliphatic carbocycles. The van der Waals surface area contributed by atoms with Gasteiger partial charge < -0.3 is 10.8 Å².